The number of ether oxygens (including phenoxy) is 1. The average Bonchev–Trinajstić information content (AvgIpc) is 2.15. The molecule has 1 aliphatic rings. The average molecular weight is 219 g/mol. The zero-order valence-corrected chi connectivity index (χ0v) is 8.47. The van der Waals surface area contributed by atoms with Gasteiger partial charge in [0.2, 0.25) is 6.23 Å². The van der Waals surface area contributed by atoms with Gasteiger partial charge in [-0.1, -0.05) is 0 Å². The van der Waals surface area contributed by atoms with E-state index in [1.165, 1.54) is 7.05 Å². The van der Waals surface area contributed by atoms with Gasteiger partial charge in [0.05, 0.1) is 7.05 Å². The van der Waals surface area contributed by atoms with Crippen molar-refractivity contribution in [2.24, 2.45) is 0 Å². The molecule has 0 radical (unpaired) electrons. The number of rotatable bonds is 3. The number of hydrogen-bond acceptors (Lipinski definition) is 5. The van der Waals surface area contributed by atoms with Gasteiger partial charge in [-0.05, 0) is 0 Å². The second-order valence-corrected chi connectivity index (χ2v) is 3.57. The summed E-state index contributed by atoms with van der Waals surface area (Å²) in [6.07, 6.45) is -0.542. The minimum Gasteiger partial charge on any atom is -0.435 e. The number of hydrogen-bond donors (Lipinski definition) is 3. The summed E-state index contributed by atoms with van der Waals surface area (Å²) >= 11 is 0. The van der Waals surface area contributed by atoms with Gasteiger partial charge in [0.1, 0.15) is 0 Å². The maximum absolute atomic E-state index is 11.5. The molecule has 2 atom stereocenters. The minimum atomic E-state index is -0.926. The standard InChI is InChI=1S/C8H14N2O5/c1-10(4-7(13)15-5-11)6(12)2-3-9-8(10)14/h6,11-12H,2-5H2,1H3/p+1. The summed E-state index contributed by atoms with van der Waals surface area (Å²) in [5.41, 5.74) is 0. The highest BCUT2D eigenvalue weighted by atomic mass is 16.6. The predicted molar refractivity (Wildman–Crippen MR) is 48.3 cm³/mol. The van der Waals surface area contributed by atoms with Crippen LogP contribution in [0.15, 0.2) is 0 Å². The largest absolute Gasteiger partial charge is 0.435 e. The SMILES string of the molecule is C[N+]1(CC(=O)OCO)C(=O)NCCC1O. The highest BCUT2D eigenvalue weighted by Gasteiger charge is 2.44. The van der Waals surface area contributed by atoms with Crippen molar-refractivity contribution in [1.82, 2.24) is 5.32 Å². The Balaban J connectivity index is 2.69. The van der Waals surface area contributed by atoms with Gasteiger partial charge < -0.3 is 20.3 Å². The Morgan fingerprint density at radius 1 is 1.73 bits per heavy atom. The number of urea groups is 1. The van der Waals surface area contributed by atoms with Crippen molar-refractivity contribution in [3.63, 3.8) is 0 Å². The number of nitrogens with zero attached hydrogens (tertiary/aromatic N) is 1. The van der Waals surface area contributed by atoms with Crippen LogP contribution in [-0.4, -0.2) is 59.9 Å². The first kappa shape index (κ1) is 11.9. The first-order valence-electron chi connectivity index (χ1n) is 4.59. The Bertz CT molecular complexity index is 270. The Hall–Kier alpha value is -1.18. The van der Waals surface area contributed by atoms with Crippen LogP contribution >= 0.6 is 0 Å². The molecule has 0 aromatic carbocycles. The summed E-state index contributed by atoms with van der Waals surface area (Å²) in [5, 5.41) is 20.6. The van der Waals surface area contributed by atoms with Gasteiger partial charge in [0.15, 0.2) is 13.3 Å². The normalized spacial score (nSPS) is 30.9. The van der Waals surface area contributed by atoms with E-state index < -0.39 is 29.5 Å². The van der Waals surface area contributed by atoms with E-state index >= 15 is 0 Å². The van der Waals surface area contributed by atoms with Gasteiger partial charge in [-0.15, -0.1) is 0 Å². The maximum Gasteiger partial charge on any atom is 0.418 e. The highest BCUT2D eigenvalue weighted by molar-refractivity contribution is 5.75. The summed E-state index contributed by atoms with van der Waals surface area (Å²) < 4.78 is 3.86. The predicted octanol–water partition coefficient (Wildman–Crippen LogP) is -1.64. The third kappa shape index (κ3) is 2.44. The lowest BCUT2D eigenvalue weighted by Gasteiger charge is -2.37. The number of aliphatic hydroxyl groups excluding tert-OH is 2. The van der Waals surface area contributed by atoms with Gasteiger partial charge in [-0.25, -0.2) is 14.1 Å². The smallest absolute Gasteiger partial charge is 0.418 e. The lowest BCUT2D eigenvalue weighted by molar-refractivity contribution is -0.877. The van der Waals surface area contributed by atoms with E-state index in [4.69, 9.17) is 5.11 Å². The summed E-state index contributed by atoms with van der Waals surface area (Å²) in [6.45, 7) is -0.632. The van der Waals surface area contributed by atoms with Gasteiger partial charge in [0, 0.05) is 13.0 Å². The zero-order valence-electron chi connectivity index (χ0n) is 8.47. The molecule has 1 rings (SSSR count). The van der Waals surface area contributed by atoms with E-state index in [0.717, 1.165) is 0 Å². The monoisotopic (exact) mass is 219 g/mol. The molecule has 1 saturated heterocycles. The fraction of sp³-hybridized carbons (Fsp3) is 0.750. The molecule has 2 unspecified atom stereocenters. The molecule has 1 fully saturated rings. The molecule has 0 bridgehead atoms. The molecule has 1 heterocycles. The molecular formula is C8H15N2O5+. The number of carbonyl (C=O) groups is 2. The minimum absolute atomic E-state index is 0.298. The number of esters is 1. The molecule has 2 amide bonds. The molecule has 0 aliphatic carbocycles. The second-order valence-electron chi connectivity index (χ2n) is 3.57. The van der Waals surface area contributed by atoms with Crippen LogP contribution in [0.4, 0.5) is 4.79 Å². The molecule has 0 aromatic heterocycles. The van der Waals surface area contributed by atoms with Crippen molar-refractivity contribution in [3.8, 4) is 0 Å². The fourth-order valence-electron chi connectivity index (χ4n) is 1.47. The number of likely N-dealkylation sites (N-methyl/N-ethyl adjacent to an activating group) is 1. The molecule has 7 nitrogen and oxygen atoms in total. The summed E-state index contributed by atoms with van der Waals surface area (Å²) in [5.74, 6) is -0.726. The number of nitrogens with one attached hydrogen (secondary N) is 1. The molecule has 15 heavy (non-hydrogen) atoms. The van der Waals surface area contributed by atoms with E-state index in [0.29, 0.717) is 13.0 Å². The molecule has 0 saturated carbocycles. The second kappa shape index (κ2) is 4.56. The Morgan fingerprint density at radius 3 is 2.93 bits per heavy atom. The van der Waals surface area contributed by atoms with Crippen LogP contribution in [0.25, 0.3) is 0 Å². The molecule has 0 aromatic rings. The summed E-state index contributed by atoms with van der Waals surface area (Å²) in [4.78, 5) is 22.6. The van der Waals surface area contributed by atoms with Crippen LogP contribution in [0.3, 0.4) is 0 Å². The third-order valence-corrected chi connectivity index (χ3v) is 2.48. The van der Waals surface area contributed by atoms with E-state index in [2.05, 4.69) is 10.1 Å². The highest BCUT2D eigenvalue weighted by Crippen LogP contribution is 2.16. The molecular weight excluding hydrogens is 204 g/mol. The van der Waals surface area contributed by atoms with Crippen molar-refractivity contribution in [2.45, 2.75) is 12.6 Å². The lowest BCUT2D eigenvalue weighted by Crippen LogP contribution is -2.66. The number of aliphatic hydroxyl groups is 2. The van der Waals surface area contributed by atoms with Crippen LogP contribution in [0.1, 0.15) is 6.42 Å². The van der Waals surface area contributed by atoms with E-state index in [9.17, 15) is 14.7 Å². The third-order valence-electron chi connectivity index (χ3n) is 2.48. The van der Waals surface area contributed by atoms with Crippen LogP contribution < -0.4 is 5.32 Å². The molecule has 86 valence electrons. The van der Waals surface area contributed by atoms with Gasteiger partial charge >= 0.3 is 12.0 Å². The van der Waals surface area contributed by atoms with Crippen molar-refractivity contribution in [1.29, 1.82) is 0 Å². The zero-order chi connectivity index (χ0) is 11.5. The van der Waals surface area contributed by atoms with Crippen LogP contribution in [0.5, 0.6) is 0 Å². The van der Waals surface area contributed by atoms with Crippen molar-refractivity contribution >= 4 is 12.0 Å². The molecule has 7 heteroatoms. The Kier molecular flexibility index (Phi) is 3.61. The van der Waals surface area contributed by atoms with Crippen LogP contribution in [0.2, 0.25) is 0 Å². The molecule has 1 aliphatic heterocycles. The van der Waals surface area contributed by atoms with Crippen LogP contribution in [-0.2, 0) is 9.53 Å². The maximum atomic E-state index is 11.5. The van der Waals surface area contributed by atoms with E-state index in [1.807, 2.05) is 0 Å². The first-order valence-corrected chi connectivity index (χ1v) is 4.59. The van der Waals surface area contributed by atoms with Crippen molar-refractivity contribution < 1.29 is 29.0 Å². The Labute approximate surface area is 86.8 Å². The lowest BCUT2D eigenvalue weighted by atomic mass is 10.2. The number of amides is 2. The molecule has 3 N–H and O–H groups in total. The first-order chi connectivity index (χ1) is 7.00. The van der Waals surface area contributed by atoms with Gasteiger partial charge in [-0.2, -0.15) is 0 Å². The quantitative estimate of drug-likeness (QED) is 0.300. The number of quaternary nitrogens is 1. The van der Waals surface area contributed by atoms with E-state index in [1.54, 1.807) is 0 Å². The van der Waals surface area contributed by atoms with Gasteiger partial charge in [-0.3, -0.25) is 0 Å². The van der Waals surface area contributed by atoms with Crippen molar-refractivity contribution in [3.05, 3.63) is 0 Å². The van der Waals surface area contributed by atoms with E-state index in [-0.39, 0.29) is 6.54 Å². The van der Waals surface area contributed by atoms with Crippen molar-refractivity contribution in [2.75, 3.05) is 26.9 Å². The Morgan fingerprint density at radius 2 is 2.40 bits per heavy atom. The summed E-state index contributed by atoms with van der Waals surface area (Å²) in [6, 6.07) is -0.427. The van der Waals surface area contributed by atoms with Gasteiger partial charge in [0.25, 0.3) is 0 Å². The molecule has 0 spiro atoms. The number of carbonyl (C=O) groups excluding carboxylic acids is 2. The topological polar surface area (TPSA) is 95.9 Å². The van der Waals surface area contributed by atoms with Crippen LogP contribution in [0, 0.1) is 0 Å². The fourth-order valence-corrected chi connectivity index (χ4v) is 1.47. The summed E-state index contributed by atoms with van der Waals surface area (Å²) in [7, 11) is 1.44.